The molecule has 0 saturated carbocycles. The van der Waals surface area contributed by atoms with E-state index in [0.29, 0.717) is 6.42 Å². The van der Waals surface area contributed by atoms with Gasteiger partial charge in [0.05, 0.1) is 25.7 Å². The van der Waals surface area contributed by atoms with Gasteiger partial charge in [-0.05, 0) is 32.1 Å². The second kappa shape index (κ2) is 18.5. The SMILES string of the molecule is CCCCCCCC/C=C\CCCCCCC(C(=O)OC)C(O)C(O)CO. The van der Waals surface area contributed by atoms with E-state index in [0.717, 1.165) is 32.1 Å². The molecule has 3 N–H and O–H groups in total. The Morgan fingerprint density at radius 2 is 1.41 bits per heavy atom. The van der Waals surface area contributed by atoms with Crippen LogP contribution in [-0.2, 0) is 9.53 Å². The number of carbonyl (C=O) groups is 1. The van der Waals surface area contributed by atoms with Gasteiger partial charge in [-0.25, -0.2) is 0 Å². The van der Waals surface area contributed by atoms with Gasteiger partial charge in [-0.3, -0.25) is 4.79 Å². The smallest absolute Gasteiger partial charge is 0.311 e. The van der Waals surface area contributed by atoms with Gasteiger partial charge in [0.1, 0.15) is 6.10 Å². The standard InChI is InChI=1S/C22H42O5/c1-3-4-5-6-7-8-9-10-11-12-13-14-15-16-17-19(22(26)27-2)21(25)20(24)18-23/h10-11,19-21,23-25H,3-9,12-18H2,1-2H3/b11-10-. The Balaban J connectivity index is 3.72. The van der Waals surface area contributed by atoms with Crippen LogP contribution < -0.4 is 0 Å². The van der Waals surface area contributed by atoms with Crippen LogP contribution in [0.4, 0.5) is 0 Å². The molecule has 0 amide bonds. The van der Waals surface area contributed by atoms with Crippen LogP contribution >= 0.6 is 0 Å². The van der Waals surface area contributed by atoms with Gasteiger partial charge in [-0.15, -0.1) is 0 Å². The molecule has 0 saturated heterocycles. The maximum absolute atomic E-state index is 11.8. The zero-order chi connectivity index (χ0) is 20.3. The van der Waals surface area contributed by atoms with Crippen LogP contribution in [0.3, 0.4) is 0 Å². The molecule has 0 spiro atoms. The number of unbranched alkanes of at least 4 members (excludes halogenated alkanes) is 10. The van der Waals surface area contributed by atoms with Crippen LogP contribution in [0.15, 0.2) is 12.2 Å². The Morgan fingerprint density at radius 3 is 1.93 bits per heavy atom. The second-order valence-corrected chi connectivity index (χ2v) is 7.39. The van der Waals surface area contributed by atoms with Crippen molar-refractivity contribution in [2.45, 2.75) is 103 Å². The molecule has 0 fully saturated rings. The Morgan fingerprint density at radius 1 is 0.889 bits per heavy atom. The van der Waals surface area contributed by atoms with E-state index in [1.54, 1.807) is 0 Å². The largest absolute Gasteiger partial charge is 0.469 e. The minimum Gasteiger partial charge on any atom is -0.469 e. The molecule has 0 aliphatic heterocycles. The summed E-state index contributed by atoms with van der Waals surface area (Å²) in [5, 5.41) is 28.4. The number of rotatable bonds is 18. The van der Waals surface area contributed by atoms with E-state index in [9.17, 15) is 15.0 Å². The molecule has 0 aromatic heterocycles. The first-order chi connectivity index (χ1) is 13.1. The summed E-state index contributed by atoms with van der Waals surface area (Å²) in [7, 11) is 1.27. The third-order valence-corrected chi connectivity index (χ3v) is 5.02. The first-order valence-electron chi connectivity index (χ1n) is 10.8. The normalized spacial score (nSPS) is 15.0. The summed E-state index contributed by atoms with van der Waals surface area (Å²) in [5.41, 5.74) is 0. The predicted octanol–water partition coefficient (Wildman–Crippen LogP) is 4.14. The van der Waals surface area contributed by atoms with Crippen LogP contribution in [0, 0.1) is 5.92 Å². The lowest BCUT2D eigenvalue weighted by Crippen LogP contribution is -2.40. The fourth-order valence-corrected chi connectivity index (χ4v) is 3.21. The van der Waals surface area contributed by atoms with E-state index in [2.05, 4.69) is 19.1 Å². The molecule has 0 heterocycles. The Bertz CT molecular complexity index is 370. The highest BCUT2D eigenvalue weighted by molar-refractivity contribution is 5.73. The quantitative estimate of drug-likeness (QED) is 0.187. The third kappa shape index (κ3) is 13.8. The minimum absolute atomic E-state index is 0.457. The monoisotopic (exact) mass is 386 g/mol. The molecule has 5 heteroatoms. The van der Waals surface area contributed by atoms with E-state index in [1.165, 1.54) is 52.1 Å². The van der Waals surface area contributed by atoms with E-state index < -0.39 is 30.7 Å². The van der Waals surface area contributed by atoms with Gasteiger partial charge in [0.2, 0.25) is 0 Å². The minimum atomic E-state index is -1.31. The molecule has 0 aliphatic carbocycles. The molecule has 5 nitrogen and oxygen atoms in total. The van der Waals surface area contributed by atoms with E-state index in [4.69, 9.17) is 9.84 Å². The maximum atomic E-state index is 11.8. The molecule has 160 valence electrons. The molecule has 0 rings (SSSR count). The number of carbonyl (C=O) groups excluding carboxylic acids is 1. The fraction of sp³-hybridized carbons (Fsp3) is 0.864. The van der Waals surface area contributed by atoms with Crippen molar-refractivity contribution < 1.29 is 24.9 Å². The Labute approximate surface area is 165 Å². The van der Waals surface area contributed by atoms with E-state index >= 15 is 0 Å². The van der Waals surface area contributed by atoms with Gasteiger partial charge in [-0.1, -0.05) is 70.4 Å². The summed E-state index contributed by atoms with van der Waals surface area (Å²) in [6.07, 6.45) is 16.7. The van der Waals surface area contributed by atoms with Crippen LogP contribution in [0.2, 0.25) is 0 Å². The second-order valence-electron chi connectivity index (χ2n) is 7.39. The molecular weight excluding hydrogens is 344 g/mol. The topological polar surface area (TPSA) is 87.0 Å². The summed E-state index contributed by atoms with van der Waals surface area (Å²) in [5.74, 6) is -1.32. The number of methoxy groups -OCH3 is 1. The summed E-state index contributed by atoms with van der Waals surface area (Å²) in [4.78, 5) is 11.8. The molecule has 0 radical (unpaired) electrons. The number of ether oxygens (including phenoxy) is 1. The molecule has 0 aliphatic rings. The first-order valence-corrected chi connectivity index (χ1v) is 10.8. The van der Waals surface area contributed by atoms with Crippen molar-refractivity contribution in [1.82, 2.24) is 0 Å². The van der Waals surface area contributed by atoms with Gasteiger partial charge >= 0.3 is 5.97 Å². The highest BCUT2D eigenvalue weighted by Gasteiger charge is 2.32. The summed E-state index contributed by atoms with van der Waals surface area (Å²) < 4.78 is 4.70. The van der Waals surface area contributed by atoms with E-state index in [1.807, 2.05) is 0 Å². The lowest BCUT2D eigenvalue weighted by atomic mass is 9.92. The van der Waals surface area contributed by atoms with Crippen molar-refractivity contribution >= 4 is 5.97 Å². The molecule has 0 aromatic carbocycles. The van der Waals surface area contributed by atoms with Crippen LogP contribution in [0.5, 0.6) is 0 Å². The summed E-state index contributed by atoms with van der Waals surface area (Å²) in [6.45, 7) is 1.67. The molecule has 0 bridgehead atoms. The summed E-state index contributed by atoms with van der Waals surface area (Å²) in [6, 6.07) is 0. The molecular formula is C22H42O5. The number of allylic oxidation sites excluding steroid dienone is 2. The Hall–Kier alpha value is -0.910. The van der Waals surface area contributed by atoms with Crippen LogP contribution in [0.25, 0.3) is 0 Å². The maximum Gasteiger partial charge on any atom is 0.311 e. The van der Waals surface area contributed by atoms with Gasteiger partial charge in [0, 0.05) is 0 Å². The zero-order valence-corrected chi connectivity index (χ0v) is 17.4. The van der Waals surface area contributed by atoms with E-state index in [-0.39, 0.29) is 0 Å². The third-order valence-electron chi connectivity index (χ3n) is 5.02. The number of aliphatic hydroxyl groups excluding tert-OH is 3. The molecule has 3 atom stereocenters. The highest BCUT2D eigenvalue weighted by atomic mass is 16.5. The van der Waals surface area contributed by atoms with Gasteiger partial charge < -0.3 is 20.1 Å². The van der Waals surface area contributed by atoms with Crippen molar-refractivity contribution in [2.24, 2.45) is 5.92 Å². The van der Waals surface area contributed by atoms with Crippen molar-refractivity contribution in [3.05, 3.63) is 12.2 Å². The highest BCUT2D eigenvalue weighted by Crippen LogP contribution is 2.19. The average Bonchev–Trinajstić information content (AvgIpc) is 2.69. The van der Waals surface area contributed by atoms with Crippen LogP contribution in [-0.4, -0.2) is 47.2 Å². The average molecular weight is 387 g/mol. The molecule has 3 unspecified atom stereocenters. The van der Waals surface area contributed by atoms with Crippen molar-refractivity contribution in [2.75, 3.05) is 13.7 Å². The lowest BCUT2D eigenvalue weighted by Gasteiger charge is -2.23. The number of hydrogen-bond acceptors (Lipinski definition) is 5. The van der Waals surface area contributed by atoms with Gasteiger partial charge in [-0.2, -0.15) is 0 Å². The Kier molecular flexibility index (Phi) is 17.8. The van der Waals surface area contributed by atoms with Crippen molar-refractivity contribution in [3.8, 4) is 0 Å². The van der Waals surface area contributed by atoms with Gasteiger partial charge in [0.15, 0.2) is 0 Å². The zero-order valence-electron chi connectivity index (χ0n) is 17.4. The first kappa shape index (κ1) is 26.1. The summed E-state index contributed by atoms with van der Waals surface area (Å²) >= 11 is 0. The fourth-order valence-electron chi connectivity index (χ4n) is 3.21. The van der Waals surface area contributed by atoms with Crippen molar-refractivity contribution in [1.29, 1.82) is 0 Å². The van der Waals surface area contributed by atoms with Crippen LogP contribution in [0.1, 0.15) is 90.4 Å². The van der Waals surface area contributed by atoms with Crippen molar-refractivity contribution in [3.63, 3.8) is 0 Å². The number of esters is 1. The molecule has 27 heavy (non-hydrogen) atoms. The molecule has 0 aromatic rings. The van der Waals surface area contributed by atoms with Gasteiger partial charge in [0.25, 0.3) is 0 Å². The number of aliphatic hydroxyl groups is 3. The predicted molar refractivity (Wildman–Crippen MR) is 109 cm³/mol. The number of hydrogen-bond donors (Lipinski definition) is 3. The lowest BCUT2D eigenvalue weighted by molar-refractivity contribution is -0.154.